The molecule has 0 aromatic rings. The van der Waals surface area contributed by atoms with Gasteiger partial charge in [0.25, 0.3) is 0 Å². The van der Waals surface area contributed by atoms with Crippen molar-refractivity contribution in [2.45, 2.75) is 47.0 Å². The molecule has 2 amide bonds. The largest absolute Gasteiger partial charge is 0.481 e. The summed E-state index contributed by atoms with van der Waals surface area (Å²) in [6.07, 6.45) is 2.59. The second-order valence-electron chi connectivity index (χ2n) is 7.72. The molecular formula is C16H28N2O3. The molecule has 5 heteroatoms. The Kier molecular flexibility index (Phi) is 4.22. The first-order valence-electron chi connectivity index (χ1n) is 7.95. The van der Waals surface area contributed by atoms with Gasteiger partial charge in [-0.1, -0.05) is 27.7 Å². The summed E-state index contributed by atoms with van der Waals surface area (Å²) in [5, 5.41) is 9.56. The number of carboxylic acid groups (broad SMARTS) is 1. The normalized spacial score (nSPS) is 29.0. The maximum absolute atomic E-state index is 12.6. The highest BCUT2D eigenvalue weighted by Crippen LogP contribution is 2.39. The van der Waals surface area contributed by atoms with E-state index in [4.69, 9.17) is 0 Å². The molecule has 21 heavy (non-hydrogen) atoms. The number of hydrogen-bond donors (Lipinski definition) is 1. The van der Waals surface area contributed by atoms with Crippen LogP contribution in [0.1, 0.15) is 47.0 Å². The molecule has 0 aromatic heterocycles. The van der Waals surface area contributed by atoms with Crippen molar-refractivity contribution >= 4 is 12.0 Å². The number of aliphatic carboxylic acids is 1. The van der Waals surface area contributed by atoms with Gasteiger partial charge >= 0.3 is 12.0 Å². The lowest BCUT2D eigenvalue weighted by Crippen LogP contribution is -2.49. The van der Waals surface area contributed by atoms with Gasteiger partial charge in [-0.25, -0.2) is 4.79 Å². The van der Waals surface area contributed by atoms with Gasteiger partial charge < -0.3 is 14.9 Å². The predicted molar refractivity (Wildman–Crippen MR) is 81.1 cm³/mol. The highest BCUT2D eigenvalue weighted by molar-refractivity contribution is 5.80. The van der Waals surface area contributed by atoms with Gasteiger partial charge in [0, 0.05) is 26.2 Å². The lowest BCUT2D eigenvalue weighted by Gasteiger charge is -2.39. The molecule has 0 saturated carbocycles. The Balaban J connectivity index is 2.01. The van der Waals surface area contributed by atoms with E-state index in [2.05, 4.69) is 13.8 Å². The molecule has 0 radical (unpaired) electrons. The number of nitrogens with zero attached hydrogens (tertiary/aromatic N) is 2. The third-order valence-electron chi connectivity index (χ3n) is 5.49. The van der Waals surface area contributed by atoms with Crippen molar-refractivity contribution in [3.8, 4) is 0 Å². The van der Waals surface area contributed by atoms with Crippen LogP contribution in [0, 0.1) is 16.7 Å². The van der Waals surface area contributed by atoms with Crippen molar-refractivity contribution in [2.24, 2.45) is 16.7 Å². The van der Waals surface area contributed by atoms with Crippen molar-refractivity contribution in [2.75, 3.05) is 26.2 Å². The van der Waals surface area contributed by atoms with E-state index in [0.717, 1.165) is 25.9 Å². The van der Waals surface area contributed by atoms with Gasteiger partial charge in [0.2, 0.25) is 0 Å². The molecule has 5 nitrogen and oxygen atoms in total. The second-order valence-corrected chi connectivity index (χ2v) is 7.72. The van der Waals surface area contributed by atoms with Gasteiger partial charge in [-0.15, -0.1) is 0 Å². The van der Waals surface area contributed by atoms with Crippen LogP contribution >= 0.6 is 0 Å². The molecule has 2 aliphatic rings. The topological polar surface area (TPSA) is 60.9 Å². The lowest BCUT2D eigenvalue weighted by molar-refractivity contribution is -0.150. The molecule has 0 spiro atoms. The van der Waals surface area contributed by atoms with Crippen LogP contribution in [0.3, 0.4) is 0 Å². The molecule has 120 valence electrons. The minimum Gasteiger partial charge on any atom is -0.481 e. The van der Waals surface area contributed by atoms with E-state index in [0.29, 0.717) is 24.9 Å². The zero-order valence-electron chi connectivity index (χ0n) is 13.7. The smallest absolute Gasteiger partial charge is 0.320 e. The average molecular weight is 296 g/mol. The zero-order chi connectivity index (χ0) is 15.8. The van der Waals surface area contributed by atoms with E-state index in [1.807, 2.05) is 18.7 Å². The number of carboxylic acids is 1. The van der Waals surface area contributed by atoms with Crippen molar-refractivity contribution in [3.05, 3.63) is 0 Å². The number of urea groups is 1. The summed E-state index contributed by atoms with van der Waals surface area (Å²) in [5.74, 6) is -0.735. The minimum absolute atomic E-state index is 0.0225. The van der Waals surface area contributed by atoms with Crippen molar-refractivity contribution < 1.29 is 14.7 Å². The number of hydrogen-bond acceptors (Lipinski definition) is 2. The van der Waals surface area contributed by atoms with Crippen molar-refractivity contribution in [1.82, 2.24) is 9.80 Å². The van der Waals surface area contributed by atoms with E-state index in [1.165, 1.54) is 0 Å². The molecule has 2 saturated heterocycles. The molecule has 1 unspecified atom stereocenters. The number of carbonyl (C=O) groups excluding carboxylic acids is 1. The third-order valence-corrected chi connectivity index (χ3v) is 5.49. The van der Waals surface area contributed by atoms with Gasteiger partial charge in [0.15, 0.2) is 0 Å². The Labute approximate surface area is 127 Å². The van der Waals surface area contributed by atoms with Crippen LogP contribution in [-0.2, 0) is 4.79 Å². The fraction of sp³-hybridized carbons (Fsp3) is 0.875. The summed E-state index contributed by atoms with van der Waals surface area (Å²) in [6.45, 7) is 10.8. The minimum atomic E-state index is -0.773. The maximum Gasteiger partial charge on any atom is 0.320 e. The van der Waals surface area contributed by atoms with E-state index in [1.54, 1.807) is 4.90 Å². The monoisotopic (exact) mass is 296 g/mol. The Hall–Kier alpha value is -1.26. The molecule has 0 aromatic carbocycles. The Morgan fingerprint density at radius 2 is 1.52 bits per heavy atom. The molecule has 0 aliphatic carbocycles. The first kappa shape index (κ1) is 16.1. The summed E-state index contributed by atoms with van der Waals surface area (Å²) in [5.41, 5.74) is -0.463. The predicted octanol–water partition coefficient (Wildman–Crippen LogP) is 2.66. The van der Waals surface area contributed by atoms with Crippen LogP contribution in [0.2, 0.25) is 0 Å². The number of carbonyl (C=O) groups is 2. The highest BCUT2D eigenvalue weighted by atomic mass is 16.4. The van der Waals surface area contributed by atoms with Gasteiger partial charge in [0.05, 0.1) is 5.41 Å². The van der Waals surface area contributed by atoms with E-state index in [-0.39, 0.29) is 11.9 Å². The fourth-order valence-electron chi connectivity index (χ4n) is 3.39. The van der Waals surface area contributed by atoms with Crippen molar-refractivity contribution in [3.63, 3.8) is 0 Å². The van der Waals surface area contributed by atoms with Crippen LogP contribution in [-0.4, -0.2) is 53.1 Å². The van der Waals surface area contributed by atoms with Crippen LogP contribution in [0.5, 0.6) is 0 Å². The van der Waals surface area contributed by atoms with Crippen LogP contribution in [0.4, 0.5) is 4.79 Å². The molecule has 2 rings (SSSR count). The lowest BCUT2D eigenvalue weighted by atomic mass is 9.76. The Morgan fingerprint density at radius 1 is 1.00 bits per heavy atom. The van der Waals surface area contributed by atoms with E-state index >= 15 is 0 Å². The van der Waals surface area contributed by atoms with E-state index < -0.39 is 11.4 Å². The molecule has 2 aliphatic heterocycles. The Bertz CT molecular complexity index is 423. The quantitative estimate of drug-likeness (QED) is 0.852. The average Bonchev–Trinajstić information content (AvgIpc) is 2.84. The fourth-order valence-corrected chi connectivity index (χ4v) is 3.39. The first-order valence-corrected chi connectivity index (χ1v) is 7.95. The molecule has 2 heterocycles. The third kappa shape index (κ3) is 3.01. The molecule has 1 atom stereocenters. The van der Waals surface area contributed by atoms with Gasteiger partial charge in [0.1, 0.15) is 0 Å². The van der Waals surface area contributed by atoms with Crippen molar-refractivity contribution in [1.29, 1.82) is 0 Å². The first-order chi connectivity index (χ1) is 9.68. The van der Waals surface area contributed by atoms with Crippen LogP contribution in [0.25, 0.3) is 0 Å². The SMILES string of the molecule is CC(C)C1(C(=O)O)CCN(C(=O)N2CCC(C)(C)CC2)C1. The molecule has 2 fully saturated rings. The number of likely N-dealkylation sites (tertiary alicyclic amines) is 2. The maximum atomic E-state index is 12.6. The standard InChI is InChI=1S/C16H28N2O3/c1-12(2)16(13(19)20)7-10-18(11-16)14(21)17-8-5-15(3,4)6-9-17/h12H,5-11H2,1-4H3,(H,19,20). The van der Waals surface area contributed by atoms with Gasteiger partial charge in [-0.05, 0) is 30.6 Å². The zero-order valence-corrected chi connectivity index (χ0v) is 13.7. The summed E-state index contributed by atoms with van der Waals surface area (Å²) < 4.78 is 0. The highest BCUT2D eigenvalue weighted by Gasteiger charge is 2.49. The summed E-state index contributed by atoms with van der Waals surface area (Å²) in [4.78, 5) is 27.9. The number of piperidine rings is 1. The van der Waals surface area contributed by atoms with E-state index in [9.17, 15) is 14.7 Å². The molecule has 1 N–H and O–H groups in total. The van der Waals surface area contributed by atoms with Gasteiger partial charge in [-0.3, -0.25) is 4.79 Å². The number of rotatable bonds is 2. The van der Waals surface area contributed by atoms with Crippen LogP contribution in [0.15, 0.2) is 0 Å². The summed E-state index contributed by atoms with van der Waals surface area (Å²) >= 11 is 0. The Morgan fingerprint density at radius 3 is 1.95 bits per heavy atom. The summed E-state index contributed by atoms with van der Waals surface area (Å²) in [6, 6.07) is 0.0225. The number of amides is 2. The van der Waals surface area contributed by atoms with Gasteiger partial charge in [-0.2, -0.15) is 0 Å². The second kappa shape index (κ2) is 5.50. The summed E-state index contributed by atoms with van der Waals surface area (Å²) in [7, 11) is 0. The molecule has 0 bridgehead atoms. The van der Waals surface area contributed by atoms with Crippen LogP contribution < -0.4 is 0 Å². The molecular weight excluding hydrogens is 268 g/mol.